The number of rotatable bonds is 7. The predicted molar refractivity (Wildman–Crippen MR) is 112 cm³/mol. The second-order valence-corrected chi connectivity index (χ2v) is 8.07. The second-order valence-electron chi connectivity index (χ2n) is 6.13. The monoisotopic (exact) mass is 399 g/mol. The summed E-state index contributed by atoms with van der Waals surface area (Å²) < 4.78 is 0. The Bertz CT molecular complexity index is 946. The van der Waals surface area contributed by atoms with Crippen LogP contribution >= 0.6 is 22.7 Å². The Morgan fingerprint density at radius 2 is 1.74 bits per heavy atom. The van der Waals surface area contributed by atoms with Crippen molar-refractivity contribution in [1.29, 1.82) is 0 Å². The van der Waals surface area contributed by atoms with E-state index in [0.717, 1.165) is 36.2 Å². The third-order valence-corrected chi connectivity index (χ3v) is 5.92. The summed E-state index contributed by atoms with van der Waals surface area (Å²) in [6.07, 6.45) is 3.11. The zero-order valence-electron chi connectivity index (χ0n) is 15.2. The van der Waals surface area contributed by atoms with E-state index in [2.05, 4.69) is 22.5 Å². The average Bonchev–Trinajstić information content (AvgIpc) is 3.30. The number of amides is 2. The molecule has 2 aromatic heterocycles. The third kappa shape index (κ3) is 5.02. The molecule has 0 spiro atoms. The van der Waals surface area contributed by atoms with Crippen LogP contribution in [0.4, 0.5) is 10.8 Å². The highest BCUT2D eigenvalue weighted by Crippen LogP contribution is 2.23. The highest BCUT2D eigenvalue weighted by Gasteiger charge is 2.16. The Kier molecular flexibility index (Phi) is 6.36. The van der Waals surface area contributed by atoms with Crippen molar-refractivity contribution >= 4 is 45.3 Å². The van der Waals surface area contributed by atoms with Crippen LogP contribution in [0.5, 0.6) is 0 Å². The van der Waals surface area contributed by atoms with E-state index < -0.39 is 0 Å². The number of nitrogens with one attached hydrogen (secondary N) is 2. The molecule has 1 aromatic carbocycles. The lowest BCUT2D eigenvalue weighted by Crippen LogP contribution is -2.12. The Labute approximate surface area is 166 Å². The van der Waals surface area contributed by atoms with Crippen molar-refractivity contribution in [3.63, 3.8) is 0 Å². The van der Waals surface area contributed by atoms with Gasteiger partial charge in [-0.05, 0) is 43.5 Å². The quantitative estimate of drug-likeness (QED) is 0.562. The molecule has 0 bridgehead atoms. The van der Waals surface area contributed by atoms with Crippen LogP contribution in [0, 0.1) is 6.92 Å². The van der Waals surface area contributed by atoms with Crippen molar-refractivity contribution in [1.82, 2.24) is 4.98 Å². The first-order valence-corrected chi connectivity index (χ1v) is 10.5. The average molecular weight is 400 g/mol. The predicted octanol–water partition coefficient (Wildman–Crippen LogP) is 5.36. The van der Waals surface area contributed by atoms with Crippen LogP contribution in [0.3, 0.4) is 0 Å². The van der Waals surface area contributed by atoms with Crippen molar-refractivity contribution in [3.8, 4) is 0 Å². The van der Waals surface area contributed by atoms with Crippen molar-refractivity contribution in [2.45, 2.75) is 33.1 Å². The van der Waals surface area contributed by atoms with Gasteiger partial charge in [0, 0.05) is 11.1 Å². The first-order valence-electron chi connectivity index (χ1n) is 8.79. The molecular weight excluding hydrogens is 378 g/mol. The highest BCUT2D eigenvalue weighted by molar-refractivity contribution is 7.16. The minimum atomic E-state index is -0.253. The van der Waals surface area contributed by atoms with Crippen LogP contribution in [0.25, 0.3) is 0 Å². The molecule has 2 heterocycles. The van der Waals surface area contributed by atoms with Gasteiger partial charge in [0.05, 0.1) is 15.4 Å². The van der Waals surface area contributed by atoms with Crippen LogP contribution in [0.2, 0.25) is 0 Å². The third-order valence-electron chi connectivity index (χ3n) is 3.96. The maximum absolute atomic E-state index is 12.6. The topological polar surface area (TPSA) is 71.1 Å². The zero-order chi connectivity index (χ0) is 19.2. The minimum absolute atomic E-state index is 0.201. The first kappa shape index (κ1) is 19.3. The van der Waals surface area contributed by atoms with Gasteiger partial charge in [-0.25, -0.2) is 4.98 Å². The largest absolute Gasteiger partial charge is 0.321 e. The molecular formula is C20H21N3O2S2. The number of anilines is 2. The molecule has 3 aromatic rings. The van der Waals surface area contributed by atoms with Crippen molar-refractivity contribution < 1.29 is 9.59 Å². The van der Waals surface area contributed by atoms with Crippen LogP contribution in [-0.4, -0.2) is 16.8 Å². The molecule has 2 N–H and O–H groups in total. The molecule has 0 fully saturated rings. The van der Waals surface area contributed by atoms with Gasteiger partial charge in [-0.3, -0.25) is 14.9 Å². The lowest BCUT2D eigenvalue weighted by molar-refractivity contribution is 0.102. The maximum atomic E-state index is 12.6. The molecule has 0 aliphatic carbocycles. The molecule has 0 aliphatic heterocycles. The summed E-state index contributed by atoms with van der Waals surface area (Å²) in [4.78, 5) is 30.1. The van der Waals surface area contributed by atoms with E-state index >= 15 is 0 Å². The molecule has 140 valence electrons. The molecule has 3 rings (SSSR count). The van der Waals surface area contributed by atoms with Gasteiger partial charge in [0.25, 0.3) is 11.8 Å². The van der Waals surface area contributed by atoms with Gasteiger partial charge in [0.2, 0.25) is 0 Å². The van der Waals surface area contributed by atoms with Crippen LogP contribution in [0.1, 0.15) is 50.4 Å². The van der Waals surface area contributed by atoms with Crippen LogP contribution in [-0.2, 0) is 6.42 Å². The molecule has 27 heavy (non-hydrogen) atoms. The Morgan fingerprint density at radius 1 is 1.04 bits per heavy atom. The minimum Gasteiger partial charge on any atom is -0.321 e. The lowest BCUT2D eigenvalue weighted by Gasteiger charge is -2.10. The van der Waals surface area contributed by atoms with Gasteiger partial charge in [0.1, 0.15) is 0 Å². The molecule has 0 atom stereocenters. The van der Waals surface area contributed by atoms with Crippen molar-refractivity contribution in [2.24, 2.45) is 0 Å². The Balaban J connectivity index is 1.67. The standard InChI is InChI=1S/C20H21N3O2S2/c1-3-4-7-14-8-5-6-9-15(14)22-18(24)16-10-11-17(27-16)19(25)23-20-21-13(2)12-26-20/h5-6,8-12H,3-4,7H2,1-2H3,(H,22,24)(H,21,23,25). The fourth-order valence-electron chi connectivity index (χ4n) is 2.56. The summed E-state index contributed by atoms with van der Waals surface area (Å²) in [5.41, 5.74) is 2.82. The number of nitrogens with zero attached hydrogens (tertiary/aromatic N) is 1. The number of thiophene rings is 1. The molecule has 7 heteroatoms. The SMILES string of the molecule is CCCCc1ccccc1NC(=O)c1ccc(C(=O)Nc2nc(C)cs2)s1. The van der Waals surface area contributed by atoms with E-state index in [4.69, 9.17) is 0 Å². The van der Waals surface area contributed by atoms with Crippen LogP contribution in [0.15, 0.2) is 41.8 Å². The summed E-state index contributed by atoms with van der Waals surface area (Å²) >= 11 is 2.55. The van der Waals surface area contributed by atoms with Crippen molar-refractivity contribution in [2.75, 3.05) is 10.6 Å². The summed E-state index contributed by atoms with van der Waals surface area (Å²) in [5, 5.41) is 8.16. The molecule has 0 saturated heterocycles. The van der Waals surface area contributed by atoms with E-state index in [9.17, 15) is 9.59 Å². The molecule has 5 nitrogen and oxygen atoms in total. The van der Waals surface area contributed by atoms with Gasteiger partial charge >= 0.3 is 0 Å². The second kappa shape index (κ2) is 8.92. The smallest absolute Gasteiger partial charge is 0.267 e. The van der Waals surface area contributed by atoms with Gasteiger partial charge in [-0.1, -0.05) is 31.5 Å². The highest BCUT2D eigenvalue weighted by atomic mass is 32.1. The van der Waals surface area contributed by atoms with E-state index in [1.807, 2.05) is 36.6 Å². The van der Waals surface area contributed by atoms with Gasteiger partial charge < -0.3 is 5.32 Å². The van der Waals surface area contributed by atoms with E-state index in [1.165, 1.54) is 22.7 Å². The van der Waals surface area contributed by atoms with Gasteiger partial charge in [0.15, 0.2) is 5.13 Å². The number of carbonyl (C=O) groups excluding carboxylic acids is 2. The number of benzene rings is 1. The Morgan fingerprint density at radius 3 is 2.41 bits per heavy atom. The number of thiazole rings is 1. The number of hydrogen-bond donors (Lipinski definition) is 2. The number of carbonyl (C=O) groups is 2. The molecule has 2 amide bonds. The fraction of sp³-hybridized carbons (Fsp3) is 0.250. The number of aromatic nitrogens is 1. The summed E-state index contributed by atoms with van der Waals surface area (Å²) in [5.74, 6) is -0.454. The summed E-state index contributed by atoms with van der Waals surface area (Å²) in [6, 6.07) is 11.2. The summed E-state index contributed by atoms with van der Waals surface area (Å²) in [6.45, 7) is 4.02. The first-order chi connectivity index (χ1) is 13.1. The molecule has 0 aliphatic rings. The number of unbranched alkanes of at least 4 members (excludes halogenated alkanes) is 1. The van der Waals surface area contributed by atoms with E-state index in [-0.39, 0.29) is 11.8 Å². The Hall–Kier alpha value is -2.51. The normalized spacial score (nSPS) is 10.6. The zero-order valence-corrected chi connectivity index (χ0v) is 16.9. The van der Waals surface area contributed by atoms with Crippen molar-refractivity contribution in [3.05, 3.63) is 62.8 Å². The molecule has 0 saturated carbocycles. The maximum Gasteiger partial charge on any atom is 0.267 e. The van der Waals surface area contributed by atoms with Crippen LogP contribution < -0.4 is 10.6 Å². The molecule has 0 radical (unpaired) electrons. The van der Waals surface area contributed by atoms with Gasteiger partial charge in [-0.15, -0.1) is 22.7 Å². The van der Waals surface area contributed by atoms with E-state index in [1.54, 1.807) is 12.1 Å². The molecule has 0 unspecified atom stereocenters. The number of hydrogen-bond acceptors (Lipinski definition) is 5. The van der Waals surface area contributed by atoms with Gasteiger partial charge in [-0.2, -0.15) is 0 Å². The fourth-order valence-corrected chi connectivity index (χ4v) is 4.04. The number of aryl methyl sites for hydroxylation is 2. The lowest BCUT2D eigenvalue weighted by atomic mass is 10.1. The number of para-hydroxylation sites is 1. The summed E-state index contributed by atoms with van der Waals surface area (Å²) in [7, 11) is 0. The van der Waals surface area contributed by atoms with E-state index in [0.29, 0.717) is 14.9 Å².